The van der Waals surface area contributed by atoms with Crippen molar-refractivity contribution in [2.75, 3.05) is 7.05 Å². The first-order chi connectivity index (χ1) is 12.6. The Bertz CT molecular complexity index is 960. The number of nitrogens with zero attached hydrogens (tertiary/aromatic N) is 1. The zero-order valence-corrected chi connectivity index (χ0v) is 16.3. The number of nitrogens with one attached hydrogen (secondary N) is 1. The van der Waals surface area contributed by atoms with Crippen LogP contribution in [0.25, 0.3) is 0 Å². The first kappa shape index (κ1) is 18.2. The van der Waals surface area contributed by atoms with Gasteiger partial charge in [0.1, 0.15) is 0 Å². The Kier molecular flexibility index (Phi) is 5.75. The topological polar surface area (TPSA) is 36.2 Å². The molecule has 0 radical (unpaired) electrons. The van der Waals surface area contributed by atoms with Gasteiger partial charge in [0.15, 0.2) is 0 Å². The summed E-state index contributed by atoms with van der Waals surface area (Å²) in [6.07, 6.45) is 1.93. The molecule has 1 unspecified atom stereocenters. The maximum Gasteiger partial charge on any atom is 0.0361 e. The number of benzene rings is 3. The molecular formula is C23H23N2P. The Balaban J connectivity index is 2.33. The molecular weight excluding hydrogens is 335 g/mol. The van der Waals surface area contributed by atoms with E-state index in [-0.39, 0.29) is 0 Å². The van der Waals surface area contributed by atoms with Gasteiger partial charge in [-0.25, -0.2) is 0 Å². The molecule has 130 valence electrons. The lowest BCUT2D eigenvalue weighted by Crippen LogP contribution is -2.27. The lowest BCUT2D eigenvalue weighted by Gasteiger charge is -2.25. The van der Waals surface area contributed by atoms with E-state index < -0.39 is 7.92 Å². The molecule has 3 heteroatoms. The van der Waals surface area contributed by atoms with Crippen molar-refractivity contribution in [3.63, 3.8) is 0 Å². The van der Waals surface area contributed by atoms with Crippen molar-refractivity contribution in [2.24, 2.45) is 4.99 Å². The van der Waals surface area contributed by atoms with E-state index in [4.69, 9.17) is 5.41 Å². The minimum atomic E-state index is -0.784. The summed E-state index contributed by atoms with van der Waals surface area (Å²) in [5.41, 5.74) is 4.04. The van der Waals surface area contributed by atoms with Gasteiger partial charge in [0, 0.05) is 30.1 Å². The fourth-order valence-electron chi connectivity index (χ4n) is 3.13. The zero-order chi connectivity index (χ0) is 18.5. The Labute approximate surface area is 156 Å². The highest BCUT2D eigenvalue weighted by molar-refractivity contribution is 7.80. The van der Waals surface area contributed by atoms with Crippen LogP contribution in [0.4, 0.5) is 0 Å². The Hall–Kier alpha value is -2.57. The Morgan fingerprint density at radius 3 is 2.08 bits per heavy atom. The summed E-state index contributed by atoms with van der Waals surface area (Å²) in [5, 5.41) is 12.1. The third-order valence-electron chi connectivity index (χ3n) is 4.35. The van der Waals surface area contributed by atoms with Gasteiger partial charge in [-0.1, -0.05) is 72.8 Å². The van der Waals surface area contributed by atoms with Crippen LogP contribution in [-0.4, -0.2) is 19.0 Å². The summed E-state index contributed by atoms with van der Waals surface area (Å²) in [7, 11) is 1.02. The fourth-order valence-corrected chi connectivity index (χ4v) is 5.91. The van der Waals surface area contributed by atoms with Crippen LogP contribution in [0, 0.1) is 12.3 Å². The molecule has 0 amide bonds. The second-order valence-corrected chi connectivity index (χ2v) is 8.33. The molecule has 0 aliphatic heterocycles. The second-order valence-electron chi connectivity index (χ2n) is 6.21. The van der Waals surface area contributed by atoms with E-state index in [0.29, 0.717) is 5.71 Å². The smallest absolute Gasteiger partial charge is 0.0361 e. The highest BCUT2D eigenvalue weighted by Gasteiger charge is 2.23. The van der Waals surface area contributed by atoms with Crippen LogP contribution in [0.5, 0.6) is 0 Å². The van der Waals surface area contributed by atoms with Gasteiger partial charge in [-0.15, -0.1) is 0 Å². The van der Waals surface area contributed by atoms with Crippen LogP contribution in [0.2, 0.25) is 0 Å². The summed E-state index contributed by atoms with van der Waals surface area (Å²) >= 11 is 0. The molecule has 0 fully saturated rings. The molecule has 0 spiro atoms. The summed E-state index contributed by atoms with van der Waals surface area (Å²) in [6.45, 7) is 4.03. The van der Waals surface area contributed by atoms with E-state index in [2.05, 4.69) is 78.6 Å². The summed E-state index contributed by atoms with van der Waals surface area (Å²) in [4.78, 5) is 4.26. The van der Waals surface area contributed by atoms with Crippen LogP contribution in [0.1, 0.15) is 23.6 Å². The molecule has 1 N–H and O–H groups in total. The van der Waals surface area contributed by atoms with Crippen LogP contribution >= 0.6 is 7.92 Å². The SMILES string of the molecule is CN=Cc1ccccc1P(c1ccccc1C)c1ccccc1C(C)=N. The fraction of sp³-hybridized carbons (Fsp3) is 0.130. The van der Waals surface area contributed by atoms with Gasteiger partial charge in [0.2, 0.25) is 0 Å². The molecule has 0 aromatic heterocycles. The average molecular weight is 358 g/mol. The van der Waals surface area contributed by atoms with Gasteiger partial charge < -0.3 is 5.41 Å². The second kappa shape index (κ2) is 8.21. The maximum atomic E-state index is 8.27. The molecule has 0 aliphatic rings. The molecule has 0 aliphatic carbocycles. The van der Waals surface area contributed by atoms with Crippen LogP contribution < -0.4 is 15.9 Å². The number of aliphatic imine (C=N–C) groups is 1. The van der Waals surface area contributed by atoms with Crippen molar-refractivity contribution in [1.82, 2.24) is 0 Å². The molecule has 3 rings (SSSR count). The highest BCUT2D eigenvalue weighted by atomic mass is 31.1. The van der Waals surface area contributed by atoms with Gasteiger partial charge in [0.05, 0.1) is 0 Å². The molecule has 3 aromatic carbocycles. The van der Waals surface area contributed by atoms with Crippen LogP contribution in [0.3, 0.4) is 0 Å². The third-order valence-corrected chi connectivity index (χ3v) is 7.10. The minimum absolute atomic E-state index is 0.600. The summed E-state index contributed by atoms with van der Waals surface area (Å²) in [5.74, 6) is 0. The normalized spacial score (nSPS) is 12.3. The predicted molar refractivity (Wildman–Crippen MR) is 116 cm³/mol. The van der Waals surface area contributed by atoms with Crippen molar-refractivity contribution in [2.45, 2.75) is 13.8 Å². The van der Waals surface area contributed by atoms with Crippen LogP contribution in [0.15, 0.2) is 77.8 Å². The average Bonchev–Trinajstić information content (AvgIpc) is 2.65. The third kappa shape index (κ3) is 3.66. The molecule has 0 heterocycles. The molecule has 3 aromatic rings. The summed E-state index contributed by atoms with van der Waals surface area (Å²) < 4.78 is 0. The van der Waals surface area contributed by atoms with Crippen molar-refractivity contribution < 1.29 is 0 Å². The van der Waals surface area contributed by atoms with Gasteiger partial charge >= 0.3 is 0 Å². The van der Waals surface area contributed by atoms with Crippen molar-refractivity contribution in [1.29, 1.82) is 5.41 Å². The number of aryl methyl sites for hydroxylation is 1. The van der Waals surface area contributed by atoms with E-state index in [1.54, 1.807) is 0 Å². The molecule has 26 heavy (non-hydrogen) atoms. The van der Waals surface area contributed by atoms with Gasteiger partial charge in [-0.05, 0) is 43.2 Å². The number of hydrogen-bond donors (Lipinski definition) is 1. The van der Waals surface area contributed by atoms with Gasteiger partial charge in [0.25, 0.3) is 0 Å². The first-order valence-electron chi connectivity index (χ1n) is 8.65. The molecule has 0 saturated heterocycles. The van der Waals surface area contributed by atoms with Crippen LogP contribution in [-0.2, 0) is 0 Å². The Morgan fingerprint density at radius 1 is 0.846 bits per heavy atom. The molecule has 0 bridgehead atoms. The van der Waals surface area contributed by atoms with E-state index in [1.165, 1.54) is 21.5 Å². The molecule has 1 atom stereocenters. The zero-order valence-electron chi connectivity index (χ0n) is 15.4. The van der Waals surface area contributed by atoms with Crippen molar-refractivity contribution in [3.05, 3.63) is 89.5 Å². The monoisotopic (exact) mass is 358 g/mol. The predicted octanol–water partition coefficient (Wildman–Crippen LogP) is 4.19. The van der Waals surface area contributed by atoms with E-state index >= 15 is 0 Å². The lowest BCUT2D eigenvalue weighted by molar-refractivity contribution is 1.46. The van der Waals surface area contributed by atoms with E-state index in [0.717, 1.165) is 11.1 Å². The van der Waals surface area contributed by atoms with Gasteiger partial charge in [-0.2, -0.15) is 0 Å². The van der Waals surface area contributed by atoms with Crippen molar-refractivity contribution >= 4 is 35.8 Å². The lowest BCUT2D eigenvalue weighted by atomic mass is 10.1. The quantitative estimate of drug-likeness (QED) is 0.524. The van der Waals surface area contributed by atoms with Crippen molar-refractivity contribution in [3.8, 4) is 0 Å². The molecule has 2 nitrogen and oxygen atoms in total. The van der Waals surface area contributed by atoms with E-state index in [1.807, 2.05) is 26.3 Å². The highest BCUT2D eigenvalue weighted by Crippen LogP contribution is 2.36. The standard InChI is InChI=1S/C23H23N2P/c1-17-10-4-7-13-21(17)26(22-14-8-5-11-19(22)16-25-3)23-15-9-6-12-20(23)18(2)24/h4-16,24H,1-3H3. The number of hydrogen-bond acceptors (Lipinski definition) is 2. The first-order valence-corrected chi connectivity index (χ1v) is 9.99. The Morgan fingerprint density at radius 2 is 1.42 bits per heavy atom. The minimum Gasteiger partial charge on any atom is -0.305 e. The summed E-state index contributed by atoms with van der Waals surface area (Å²) in [6, 6.07) is 25.4. The van der Waals surface area contributed by atoms with E-state index in [9.17, 15) is 0 Å². The largest absolute Gasteiger partial charge is 0.305 e. The maximum absolute atomic E-state index is 8.27. The number of rotatable bonds is 5. The van der Waals surface area contributed by atoms with Gasteiger partial charge in [-0.3, -0.25) is 4.99 Å². The molecule has 0 saturated carbocycles.